The van der Waals surface area contributed by atoms with Crippen molar-refractivity contribution in [3.05, 3.63) is 23.2 Å². The molecule has 0 atom stereocenters. The third-order valence-electron chi connectivity index (χ3n) is 3.75. The van der Waals surface area contributed by atoms with E-state index in [9.17, 15) is 4.79 Å². The molecule has 0 aliphatic carbocycles. The molecule has 1 aliphatic heterocycles. The fourth-order valence-corrected chi connectivity index (χ4v) is 3.27. The van der Waals surface area contributed by atoms with Gasteiger partial charge in [0.15, 0.2) is 5.11 Å². The number of halogens is 1. The van der Waals surface area contributed by atoms with Gasteiger partial charge in [-0.05, 0) is 49.5 Å². The second-order valence-corrected chi connectivity index (χ2v) is 7.10. The largest absolute Gasteiger partial charge is 0.369 e. The molecule has 2 rings (SSSR count). The number of rotatable bonds is 4. The second kappa shape index (κ2) is 8.50. The number of para-hydroxylation sites is 1. The predicted molar refractivity (Wildman–Crippen MR) is 101 cm³/mol. The fourth-order valence-electron chi connectivity index (χ4n) is 2.76. The van der Waals surface area contributed by atoms with Gasteiger partial charge in [0.1, 0.15) is 0 Å². The van der Waals surface area contributed by atoms with Gasteiger partial charge in [-0.15, -0.1) is 0 Å². The van der Waals surface area contributed by atoms with Gasteiger partial charge in [0.25, 0.3) is 0 Å². The SMILES string of the molecule is CC(C)CC(=O)NC(=S)Nc1cccc(Cl)c1N1CCCCC1. The highest BCUT2D eigenvalue weighted by atomic mass is 35.5. The lowest BCUT2D eigenvalue weighted by molar-refractivity contribution is -0.120. The van der Waals surface area contributed by atoms with Crippen molar-refractivity contribution < 1.29 is 4.79 Å². The normalized spacial score (nSPS) is 14.7. The van der Waals surface area contributed by atoms with Gasteiger partial charge in [-0.25, -0.2) is 0 Å². The number of carbonyl (C=O) groups excluding carboxylic acids is 1. The van der Waals surface area contributed by atoms with Crippen LogP contribution in [-0.4, -0.2) is 24.1 Å². The van der Waals surface area contributed by atoms with Crippen LogP contribution in [0.1, 0.15) is 39.5 Å². The summed E-state index contributed by atoms with van der Waals surface area (Å²) < 4.78 is 0. The Morgan fingerprint density at radius 1 is 1.30 bits per heavy atom. The summed E-state index contributed by atoms with van der Waals surface area (Å²) in [7, 11) is 0. The van der Waals surface area contributed by atoms with Crippen molar-refractivity contribution in [2.75, 3.05) is 23.3 Å². The number of thiocarbonyl (C=S) groups is 1. The first kappa shape index (κ1) is 18.0. The molecule has 0 saturated carbocycles. The predicted octanol–water partition coefficient (Wildman–Crippen LogP) is 4.19. The van der Waals surface area contributed by atoms with Crippen molar-refractivity contribution in [1.29, 1.82) is 0 Å². The Balaban J connectivity index is 2.08. The molecule has 1 fully saturated rings. The molecule has 1 aromatic carbocycles. The lowest BCUT2D eigenvalue weighted by atomic mass is 10.1. The Bertz CT molecular complexity index is 571. The number of carbonyl (C=O) groups is 1. The van der Waals surface area contributed by atoms with E-state index in [1.807, 2.05) is 32.0 Å². The molecule has 2 N–H and O–H groups in total. The van der Waals surface area contributed by atoms with Gasteiger partial charge in [0, 0.05) is 19.5 Å². The van der Waals surface area contributed by atoms with Crippen molar-refractivity contribution >= 4 is 46.2 Å². The van der Waals surface area contributed by atoms with Crippen LogP contribution < -0.4 is 15.5 Å². The summed E-state index contributed by atoms with van der Waals surface area (Å²) in [5.74, 6) is 0.229. The maximum absolute atomic E-state index is 11.8. The zero-order valence-electron chi connectivity index (χ0n) is 13.7. The summed E-state index contributed by atoms with van der Waals surface area (Å²) in [6.45, 7) is 5.98. The molecule has 0 spiro atoms. The van der Waals surface area contributed by atoms with Crippen molar-refractivity contribution in [3.63, 3.8) is 0 Å². The molecule has 1 heterocycles. The van der Waals surface area contributed by atoms with Gasteiger partial charge in [0.2, 0.25) is 5.91 Å². The van der Waals surface area contributed by atoms with E-state index in [2.05, 4.69) is 15.5 Å². The Morgan fingerprint density at radius 3 is 2.65 bits per heavy atom. The molecule has 0 radical (unpaired) electrons. The van der Waals surface area contributed by atoms with Crippen LogP contribution in [0.25, 0.3) is 0 Å². The molecular weight excluding hydrogens is 330 g/mol. The average molecular weight is 354 g/mol. The summed E-state index contributed by atoms with van der Waals surface area (Å²) in [4.78, 5) is 14.1. The number of anilines is 2. The molecule has 23 heavy (non-hydrogen) atoms. The maximum atomic E-state index is 11.8. The molecule has 6 heteroatoms. The third kappa shape index (κ3) is 5.36. The third-order valence-corrected chi connectivity index (χ3v) is 4.26. The van der Waals surface area contributed by atoms with E-state index in [1.54, 1.807) is 0 Å². The minimum atomic E-state index is -0.0703. The van der Waals surface area contributed by atoms with E-state index in [1.165, 1.54) is 19.3 Å². The quantitative estimate of drug-likeness (QED) is 0.797. The van der Waals surface area contributed by atoms with Gasteiger partial charge in [-0.2, -0.15) is 0 Å². The first-order chi connectivity index (χ1) is 11.0. The minimum absolute atomic E-state index is 0.0703. The maximum Gasteiger partial charge on any atom is 0.226 e. The summed E-state index contributed by atoms with van der Waals surface area (Å²) in [6, 6.07) is 5.71. The number of piperidine rings is 1. The van der Waals surface area contributed by atoms with Crippen LogP contribution >= 0.6 is 23.8 Å². The minimum Gasteiger partial charge on any atom is -0.369 e. The van der Waals surface area contributed by atoms with Crippen LogP contribution in [0.15, 0.2) is 18.2 Å². The van der Waals surface area contributed by atoms with Crippen LogP contribution in [0.4, 0.5) is 11.4 Å². The first-order valence-electron chi connectivity index (χ1n) is 8.11. The van der Waals surface area contributed by atoms with Crippen LogP contribution in [0.5, 0.6) is 0 Å². The molecule has 1 aromatic rings. The van der Waals surface area contributed by atoms with E-state index in [0.717, 1.165) is 24.5 Å². The van der Waals surface area contributed by atoms with Gasteiger partial charge in [0.05, 0.1) is 16.4 Å². The topological polar surface area (TPSA) is 44.4 Å². The average Bonchev–Trinajstić information content (AvgIpc) is 2.47. The monoisotopic (exact) mass is 353 g/mol. The molecule has 126 valence electrons. The molecular formula is C17H24ClN3OS. The highest BCUT2D eigenvalue weighted by Crippen LogP contribution is 2.35. The van der Waals surface area contributed by atoms with Crippen molar-refractivity contribution in [3.8, 4) is 0 Å². The number of hydrogen-bond acceptors (Lipinski definition) is 3. The van der Waals surface area contributed by atoms with Crippen LogP contribution in [-0.2, 0) is 4.79 Å². The van der Waals surface area contributed by atoms with Crippen LogP contribution in [0.3, 0.4) is 0 Å². The fraction of sp³-hybridized carbons (Fsp3) is 0.529. The van der Waals surface area contributed by atoms with Crippen molar-refractivity contribution in [2.45, 2.75) is 39.5 Å². The number of nitrogens with zero attached hydrogens (tertiary/aromatic N) is 1. The van der Waals surface area contributed by atoms with E-state index in [4.69, 9.17) is 23.8 Å². The van der Waals surface area contributed by atoms with Gasteiger partial charge >= 0.3 is 0 Å². The Kier molecular flexibility index (Phi) is 6.66. The Labute approximate surface area is 148 Å². The number of hydrogen-bond donors (Lipinski definition) is 2. The van der Waals surface area contributed by atoms with Crippen LogP contribution in [0.2, 0.25) is 5.02 Å². The lowest BCUT2D eigenvalue weighted by Gasteiger charge is -2.31. The molecule has 4 nitrogen and oxygen atoms in total. The Morgan fingerprint density at radius 2 is 2.00 bits per heavy atom. The van der Waals surface area contributed by atoms with E-state index in [0.29, 0.717) is 22.5 Å². The van der Waals surface area contributed by atoms with E-state index < -0.39 is 0 Å². The lowest BCUT2D eigenvalue weighted by Crippen LogP contribution is -2.36. The van der Waals surface area contributed by atoms with E-state index in [-0.39, 0.29) is 5.91 Å². The standard InChI is InChI=1S/C17H24ClN3OS/c1-12(2)11-15(22)20-17(23)19-14-8-6-7-13(18)16(14)21-9-4-3-5-10-21/h6-8,12H,3-5,9-11H2,1-2H3,(H2,19,20,22,23). The smallest absolute Gasteiger partial charge is 0.226 e. The Hall–Kier alpha value is -1.33. The zero-order chi connectivity index (χ0) is 16.8. The highest BCUT2D eigenvalue weighted by molar-refractivity contribution is 7.80. The number of nitrogens with one attached hydrogen (secondary N) is 2. The molecule has 0 aromatic heterocycles. The van der Waals surface area contributed by atoms with Crippen molar-refractivity contribution in [2.24, 2.45) is 5.92 Å². The summed E-state index contributed by atoms with van der Waals surface area (Å²) in [5.41, 5.74) is 1.81. The first-order valence-corrected chi connectivity index (χ1v) is 8.90. The molecule has 0 bridgehead atoms. The summed E-state index contributed by atoms with van der Waals surface area (Å²) >= 11 is 11.7. The van der Waals surface area contributed by atoms with E-state index >= 15 is 0 Å². The number of amides is 1. The summed E-state index contributed by atoms with van der Waals surface area (Å²) in [5, 5.41) is 6.87. The highest BCUT2D eigenvalue weighted by Gasteiger charge is 2.18. The van der Waals surface area contributed by atoms with Gasteiger partial charge in [-0.3, -0.25) is 4.79 Å². The molecule has 1 aliphatic rings. The molecule has 0 unspecified atom stereocenters. The van der Waals surface area contributed by atoms with Gasteiger partial charge < -0.3 is 15.5 Å². The van der Waals surface area contributed by atoms with Gasteiger partial charge in [-0.1, -0.05) is 31.5 Å². The zero-order valence-corrected chi connectivity index (χ0v) is 15.3. The molecule has 1 amide bonds. The second-order valence-electron chi connectivity index (χ2n) is 6.28. The summed E-state index contributed by atoms with van der Waals surface area (Å²) in [6.07, 6.45) is 4.05. The van der Waals surface area contributed by atoms with Crippen molar-refractivity contribution in [1.82, 2.24) is 5.32 Å². The van der Waals surface area contributed by atoms with Crippen LogP contribution in [0, 0.1) is 5.92 Å². The number of benzene rings is 1. The molecule has 1 saturated heterocycles.